The van der Waals surface area contributed by atoms with E-state index >= 15 is 0 Å². The molecule has 6 heteroatoms. The van der Waals surface area contributed by atoms with Gasteiger partial charge in [-0.2, -0.15) is 0 Å². The molecule has 0 saturated carbocycles. The molecule has 1 aromatic carbocycles. The molecule has 1 amide bonds. The van der Waals surface area contributed by atoms with Gasteiger partial charge in [-0.3, -0.25) is 9.78 Å². The van der Waals surface area contributed by atoms with Gasteiger partial charge in [0.05, 0.1) is 0 Å². The Kier molecular flexibility index (Phi) is 2.86. The van der Waals surface area contributed by atoms with Crippen LogP contribution < -0.4 is 14.8 Å². The summed E-state index contributed by atoms with van der Waals surface area (Å²) in [5.41, 5.74) is 1.78. The number of fused-ring (bicyclic) bond motifs is 1. The van der Waals surface area contributed by atoms with Gasteiger partial charge < -0.3 is 14.8 Å². The molecular formula is C16H11N3O3. The standard InChI is InChI=1S/C16H11N3O3/c20-16-12(18-15(19-16)11-3-1-2-6-17-11)7-10-4-5-13-14(8-10)22-9-21-13/h1-8H,9H2,(H,18,19,20)/b12-7+. The lowest BCUT2D eigenvalue weighted by atomic mass is 10.1. The van der Waals surface area contributed by atoms with Crippen molar-refractivity contribution in [2.24, 2.45) is 4.99 Å². The van der Waals surface area contributed by atoms with Crippen LogP contribution in [0.15, 0.2) is 53.3 Å². The lowest BCUT2D eigenvalue weighted by Gasteiger charge is -1.98. The number of ether oxygens (including phenoxy) is 2. The molecule has 0 saturated heterocycles. The molecule has 0 atom stereocenters. The Hall–Kier alpha value is -3.15. The number of rotatable bonds is 2. The third kappa shape index (κ3) is 2.20. The molecule has 0 bridgehead atoms. The molecule has 3 heterocycles. The number of amidine groups is 1. The van der Waals surface area contributed by atoms with Crippen molar-refractivity contribution < 1.29 is 14.3 Å². The number of amides is 1. The Balaban J connectivity index is 1.67. The highest BCUT2D eigenvalue weighted by atomic mass is 16.7. The van der Waals surface area contributed by atoms with Gasteiger partial charge in [0.2, 0.25) is 6.79 Å². The Morgan fingerprint density at radius 2 is 2.05 bits per heavy atom. The van der Waals surface area contributed by atoms with Crippen molar-refractivity contribution in [2.45, 2.75) is 0 Å². The summed E-state index contributed by atoms with van der Waals surface area (Å²) in [6.07, 6.45) is 3.36. The van der Waals surface area contributed by atoms with Crippen LogP contribution in [0, 0.1) is 0 Å². The molecule has 0 radical (unpaired) electrons. The number of aromatic nitrogens is 1. The summed E-state index contributed by atoms with van der Waals surface area (Å²) in [6.45, 7) is 0.220. The topological polar surface area (TPSA) is 72.8 Å². The number of benzene rings is 1. The fraction of sp³-hybridized carbons (Fsp3) is 0.0625. The second-order valence-electron chi connectivity index (χ2n) is 4.77. The molecule has 0 fully saturated rings. The SMILES string of the molecule is O=C1NC(c2ccccn2)=N/C1=C/c1ccc2c(c1)OCO2. The summed E-state index contributed by atoms with van der Waals surface area (Å²) in [6, 6.07) is 10.9. The number of carbonyl (C=O) groups excluding carboxylic acids is 1. The van der Waals surface area contributed by atoms with Crippen molar-refractivity contribution in [2.75, 3.05) is 6.79 Å². The molecule has 108 valence electrons. The molecule has 6 nitrogen and oxygen atoms in total. The minimum absolute atomic E-state index is 0.220. The highest BCUT2D eigenvalue weighted by Gasteiger charge is 2.22. The minimum atomic E-state index is -0.252. The molecule has 0 unspecified atom stereocenters. The molecule has 22 heavy (non-hydrogen) atoms. The summed E-state index contributed by atoms with van der Waals surface area (Å²) >= 11 is 0. The van der Waals surface area contributed by atoms with Gasteiger partial charge in [-0.15, -0.1) is 0 Å². The first-order valence-electron chi connectivity index (χ1n) is 6.72. The highest BCUT2D eigenvalue weighted by Crippen LogP contribution is 2.33. The van der Waals surface area contributed by atoms with E-state index < -0.39 is 0 Å². The van der Waals surface area contributed by atoms with E-state index in [-0.39, 0.29) is 12.7 Å². The van der Waals surface area contributed by atoms with Gasteiger partial charge >= 0.3 is 0 Å². The van der Waals surface area contributed by atoms with Crippen LogP contribution in [0.3, 0.4) is 0 Å². The molecule has 1 N–H and O–H groups in total. The zero-order chi connectivity index (χ0) is 14.9. The summed E-state index contributed by atoms with van der Waals surface area (Å²) in [5.74, 6) is 1.58. The monoisotopic (exact) mass is 293 g/mol. The van der Waals surface area contributed by atoms with Crippen LogP contribution in [-0.4, -0.2) is 23.5 Å². The molecule has 0 spiro atoms. The summed E-state index contributed by atoms with van der Waals surface area (Å²) in [4.78, 5) is 20.5. The normalized spacial score (nSPS) is 17.5. The summed E-state index contributed by atoms with van der Waals surface area (Å²) < 4.78 is 10.6. The van der Waals surface area contributed by atoms with Crippen molar-refractivity contribution in [1.82, 2.24) is 10.3 Å². The number of hydrogen-bond donors (Lipinski definition) is 1. The quantitative estimate of drug-likeness (QED) is 0.856. The Bertz CT molecular complexity index is 813. The molecule has 2 aliphatic heterocycles. The highest BCUT2D eigenvalue weighted by molar-refractivity contribution is 6.19. The van der Waals surface area contributed by atoms with Crippen molar-refractivity contribution in [3.8, 4) is 11.5 Å². The molecule has 2 aliphatic rings. The second-order valence-corrected chi connectivity index (χ2v) is 4.77. The van der Waals surface area contributed by atoms with E-state index in [0.717, 1.165) is 5.56 Å². The van der Waals surface area contributed by atoms with Crippen LogP contribution in [0.5, 0.6) is 11.5 Å². The lowest BCUT2D eigenvalue weighted by molar-refractivity contribution is -0.115. The average molecular weight is 293 g/mol. The fourth-order valence-electron chi connectivity index (χ4n) is 2.25. The average Bonchev–Trinajstić information content (AvgIpc) is 3.15. The summed E-state index contributed by atoms with van der Waals surface area (Å²) in [7, 11) is 0. The number of aliphatic imine (C=N–C) groups is 1. The first-order chi connectivity index (χ1) is 10.8. The Morgan fingerprint density at radius 3 is 2.91 bits per heavy atom. The van der Waals surface area contributed by atoms with E-state index in [1.165, 1.54) is 0 Å². The summed E-state index contributed by atoms with van der Waals surface area (Å²) in [5, 5.41) is 2.72. The molecule has 2 aromatic rings. The predicted octanol–water partition coefficient (Wildman–Crippen LogP) is 1.73. The second kappa shape index (κ2) is 5.00. The number of nitrogens with zero attached hydrogens (tertiary/aromatic N) is 2. The molecular weight excluding hydrogens is 282 g/mol. The maximum Gasteiger partial charge on any atom is 0.275 e. The van der Waals surface area contributed by atoms with Gasteiger partial charge in [0, 0.05) is 6.20 Å². The Morgan fingerprint density at radius 1 is 1.14 bits per heavy atom. The first kappa shape index (κ1) is 12.6. The maximum absolute atomic E-state index is 12.0. The minimum Gasteiger partial charge on any atom is -0.454 e. The third-order valence-corrected chi connectivity index (χ3v) is 3.30. The van der Waals surface area contributed by atoms with Gasteiger partial charge in [0.25, 0.3) is 5.91 Å². The number of hydrogen-bond acceptors (Lipinski definition) is 5. The van der Waals surface area contributed by atoms with Crippen LogP contribution in [0.2, 0.25) is 0 Å². The largest absolute Gasteiger partial charge is 0.454 e. The molecule has 4 rings (SSSR count). The van der Waals surface area contributed by atoms with E-state index in [1.807, 2.05) is 30.3 Å². The van der Waals surface area contributed by atoms with Crippen LogP contribution in [0.4, 0.5) is 0 Å². The van der Waals surface area contributed by atoms with E-state index in [1.54, 1.807) is 18.3 Å². The van der Waals surface area contributed by atoms with Gasteiger partial charge in [0.15, 0.2) is 17.3 Å². The van der Waals surface area contributed by atoms with E-state index in [2.05, 4.69) is 15.3 Å². The van der Waals surface area contributed by atoms with E-state index in [0.29, 0.717) is 28.7 Å². The first-order valence-corrected chi connectivity index (χ1v) is 6.72. The Labute approximate surface area is 126 Å². The van der Waals surface area contributed by atoms with Gasteiger partial charge in [-0.1, -0.05) is 12.1 Å². The third-order valence-electron chi connectivity index (χ3n) is 3.30. The van der Waals surface area contributed by atoms with Crippen LogP contribution in [0.1, 0.15) is 11.3 Å². The van der Waals surface area contributed by atoms with Crippen molar-refractivity contribution >= 4 is 17.8 Å². The number of carbonyl (C=O) groups is 1. The zero-order valence-electron chi connectivity index (χ0n) is 11.4. The smallest absolute Gasteiger partial charge is 0.275 e. The zero-order valence-corrected chi connectivity index (χ0v) is 11.4. The maximum atomic E-state index is 12.0. The van der Waals surface area contributed by atoms with Crippen molar-refractivity contribution in [3.05, 3.63) is 59.5 Å². The number of nitrogens with one attached hydrogen (secondary N) is 1. The van der Waals surface area contributed by atoms with Gasteiger partial charge in [-0.05, 0) is 35.9 Å². The van der Waals surface area contributed by atoms with Gasteiger partial charge in [0.1, 0.15) is 11.4 Å². The van der Waals surface area contributed by atoms with Crippen LogP contribution >= 0.6 is 0 Å². The molecule has 0 aliphatic carbocycles. The predicted molar refractivity (Wildman–Crippen MR) is 79.5 cm³/mol. The fourth-order valence-corrected chi connectivity index (χ4v) is 2.25. The molecule has 1 aromatic heterocycles. The van der Waals surface area contributed by atoms with Crippen molar-refractivity contribution in [3.63, 3.8) is 0 Å². The van der Waals surface area contributed by atoms with Crippen molar-refractivity contribution in [1.29, 1.82) is 0 Å². The van der Waals surface area contributed by atoms with Crippen LogP contribution in [-0.2, 0) is 4.79 Å². The van der Waals surface area contributed by atoms with Gasteiger partial charge in [-0.25, -0.2) is 4.99 Å². The lowest BCUT2D eigenvalue weighted by Crippen LogP contribution is -2.25. The number of pyridine rings is 1. The van der Waals surface area contributed by atoms with E-state index in [9.17, 15) is 4.79 Å². The van der Waals surface area contributed by atoms with E-state index in [4.69, 9.17) is 9.47 Å². The van der Waals surface area contributed by atoms with Crippen LogP contribution in [0.25, 0.3) is 6.08 Å².